The zero-order valence-electron chi connectivity index (χ0n) is 57.0. The maximum Gasteiger partial charge on any atom is 0.472 e. The number of unbranched alkanes of at least 4 members (excludes halogenated alkanes) is 37. The molecular formula is C69H134O17P2. The molecule has 3 N–H and O–H groups in total. The molecule has 17 nitrogen and oxygen atoms in total. The molecule has 0 spiro atoms. The number of carbonyl (C=O) groups excluding carboxylic acids is 4. The second-order valence-electron chi connectivity index (χ2n) is 25.6. The summed E-state index contributed by atoms with van der Waals surface area (Å²) in [5, 5.41) is 10.5. The second kappa shape index (κ2) is 61.3. The van der Waals surface area contributed by atoms with Gasteiger partial charge >= 0.3 is 39.5 Å². The number of rotatable bonds is 68. The van der Waals surface area contributed by atoms with Crippen LogP contribution in [0.4, 0.5) is 0 Å². The minimum Gasteiger partial charge on any atom is -0.462 e. The standard InChI is InChI=1S/C69H134O17P2/c1-7-10-12-14-15-16-17-18-19-20-21-22-23-24-25-26-31-34-41-47-53-68(73)85-65(58-80-67(72)52-46-40-33-30-28-27-29-32-38-43-49-61(4)5)60-84-88(77,78)82-56-63(70)55-81-87(75,76)83-59-64(57-79-66(71)51-45-37-13-11-8-2)86-69(74)54-48-42-36-35-39-44-50-62(6)9-3/h61-65,70H,7-60H2,1-6H3,(H,75,76)(H,77,78)/t62?,63-,64+,65+/m0/s1. The van der Waals surface area contributed by atoms with Crippen LogP contribution in [0.25, 0.3) is 0 Å². The van der Waals surface area contributed by atoms with Gasteiger partial charge in [0.2, 0.25) is 0 Å². The Morgan fingerprint density at radius 1 is 0.330 bits per heavy atom. The van der Waals surface area contributed by atoms with Crippen LogP contribution < -0.4 is 0 Å². The first kappa shape index (κ1) is 86.1. The van der Waals surface area contributed by atoms with Gasteiger partial charge in [-0.15, -0.1) is 0 Å². The monoisotopic (exact) mass is 1300 g/mol. The van der Waals surface area contributed by atoms with Gasteiger partial charge in [0.15, 0.2) is 12.2 Å². The fourth-order valence-electron chi connectivity index (χ4n) is 10.4. The molecule has 0 aromatic carbocycles. The fraction of sp³-hybridized carbons (Fsp3) is 0.942. The molecule has 0 aromatic heterocycles. The van der Waals surface area contributed by atoms with Crippen molar-refractivity contribution in [2.24, 2.45) is 11.8 Å². The van der Waals surface area contributed by atoms with Crippen LogP contribution in [0.5, 0.6) is 0 Å². The number of phosphoric ester groups is 2. The summed E-state index contributed by atoms with van der Waals surface area (Å²) in [7, 11) is -9.89. The molecule has 88 heavy (non-hydrogen) atoms. The minimum atomic E-state index is -4.95. The molecule has 0 aromatic rings. The van der Waals surface area contributed by atoms with E-state index >= 15 is 0 Å². The third-order valence-corrected chi connectivity index (χ3v) is 18.2. The van der Waals surface area contributed by atoms with E-state index in [0.717, 1.165) is 108 Å². The Bertz CT molecular complexity index is 1720. The van der Waals surface area contributed by atoms with Crippen molar-refractivity contribution < 1.29 is 80.2 Å². The highest BCUT2D eigenvalue weighted by atomic mass is 31.2. The van der Waals surface area contributed by atoms with Crippen molar-refractivity contribution in [1.82, 2.24) is 0 Å². The fourth-order valence-corrected chi connectivity index (χ4v) is 12.0. The van der Waals surface area contributed by atoms with Gasteiger partial charge in [0.25, 0.3) is 0 Å². The van der Waals surface area contributed by atoms with E-state index in [9.17, 15) is 43.2 Å². The lowest BCUT2D eigenvalue weighted by Crippen LogP contribution is -2.30. The SMILES string of the molecule is CCCCCCCCCCCCCCCCCCCCCCC(=O)O[C@H](COC(=O)CCCCCCCCCCCCC(C)C)COP(=O)(O)OC[C@@H](O)COP(=O)(O)OC[C@@H](COC(=O)CCCCCCC)OC(=O)CCCCCCCCC(C)CC. The van der Waals surface area contributed by atoms with E-state index in [4.69, 9.17) is 37.0 Å². The van der Waals surface area contributed by atoms with Crippen molar-refractivity contribution in [2.75, 3.05) is 39.6 Å². The predicted molar refractivity (Wildman–Crippen MR) is 354 cm³/mol. The van der Waals surface area contributed by atoms with E-state index in [1.165, 1.54) is 161 Å². The third-order valence-electron chi connectivity index (χ3n) is 16.3. The van der Waals surface area contributed by atoms with E-state index in [-0.39, 0.29) is 25.7 Å². The van der Waals surface area contributed by atoms with Gasteiger partial charge in [-0.25, -0.2) is 9.13 Å². The molecule has 0 amide bonds. The Morgan fingerprint density at radius 2 is 0.580 bits per heavy atom. The van der Waals surface area contributed by atoms with Crippen LogP contribution in [0.3, 0.4) is 0 Å². The molecule has 0 aliphatic rings. The first-order chi connectivity index (χ1) is 42.4. The van der Waals surface area contributed by atoms with Crippen LogP contribution in [-0.4, -0.2) is 96.7 Å². The first-order valence-corrected chi connectivity index (χ1v) is 39.0. The van der Waals surface area contributed by atoms with Crippen LogP contribution in [0.15, 0.2) is 0 Å². The van der Waals surface area contributed by atoms with E-state index in [1.807, 2.05) is 0 Å². The highest BCUT2D eigenvalue weighted by molar-refractivity contribution is 7.47. The molecule has 0 saturated carbocycles. The van der Waals surface area contributed by atoms with Crippen molar-refractivity contribution in [3.8, 4) is 0 Å². The molecule has 0 rings (SSSR count). The summed E-state index contributed by atoms with van der Waals surface area (Å²) in [5.41, 5.74) is 0. The molecule has 0 saturated heterocycles. The Kier molecular flexibility index (Phi) is 59.9. The molecule has 0 radical (unpaired) electrons. The summed E-state index contributed by atoms with van der Waals surface area (Å²) in [5.74, 6) is -0.662. The van der Waals surface area contributed by atoms with Crippen molar-refractivity contribution in [3.05, 3.63) is 0 Å². The normalized spacial score (nSPS) is 14.5. The molecule has 522 valence electrons. The van der Waals surface area contributed by atoms with Gasteiger partial charge in [0, 0.05) is 25.7 Å². The average molecular weight is 1300 g/mol. The summed E-state index contributed by atoms with van der Waals surface area (Å²) in [6.45, 7) is 9.39. The lowest BCUT2D eigenvalue weighted by molar-refractivity contribution is -0.161. The number of esters is 4. The van der Waals surface area contributed by atoms with Gasteiger partial charge < -0.3 is 33.8 Å². The van der Waals surface area contributed by atoms with Crippen LogP contribution in [0, 0.1) is 11.8 Å². The molecule has 3 unspecified atom stereocenters. The largest absolute Gasteiger partial charge is 0.472 e. The van der Waals surface area contributed by atoms with Crippen molar-refractivity contribution >= 4 is 39.5 Å². The van der Waals surface area contributed by atoms with Gasteiger partial charge in [0.1, 0.15) is 19.3 Å². The zero-order chi connectivity index (χ0) is 65.0. The minimum absolute atomic E-state index is 0.102. The maximum absolute atomic E-state index is 13.0. The molecule has 6 atom stereocenters. The number of ether oxygens (including phenoxy) is 4. The van der Waals surface area contributed by atoms with Crippen molar-refractivity contribution in [1.29, 1.82) is 0 Å². The molecule has 0 heterocycles. The third kappa shape index (κ3) is 61.6. The lowest BCUT2D eigenvalue weighted by atomic mass is 10.00. The van der Waals surface area contributed by atoms with Gasteiger partial charge in [0.05, 0.1) is 26.4 Å². The first-order valence-electron chi connectivity index (χ1n) is 36.0. The summed E-state index contributed by atoms with van der Waals surface area (Å²) >= 11 is 0. The molecule has 0 fully saturated rings. The van der Waals surface area contributed by atoms with Crippen LogP contribution >= 0.6 is 15.6 Å². The van der Waals surface area contributed by atoms with Gasteiger partial charge in [-0.3, -0.25) is 37.3 Å². The number of hydrogen-bond acceptors (Lipinski definition) is 15. The smallest absolute Gasteiger partial charge is 0.462 e. The highest BCUT2D eigenvalue weighted by Crippen LogP contribution is 2.45. The lowest BCUT2D eigenvalue weighted by Gasteiger charge is -2.21. The molecule has 0 bridgehead atoms. The molecule has 19 heteroatoms. The van der Waals surface area contributed by atoms with E-state index in [2.05, 4.69) is 41.5 Å². The molecule has 0 aliphatic carbocycles. The zero-order valence-corrected chi connectivity index (χ0v) is 58.8. The summed E-state index contributed by atoms with van der Waals surface area (Å²) < 4.78 is 68.0. The van der Waals surface area contributed by atoms with E-state index < -0.39 is 97.5 Å². The highest BCUT2D eigenvalue weighted by Gasteiger charge is 2.30. The quantitative estimate of drug-likeness (QED) is 0.0222. The second-order valence-corrected chi connectivity index (χ2v) is 28.5. The van der Waals surface area contributed by atoms with E-state index in [1.54, 1.807) is 0 Å². The average Bonchev–Trinajstić information content (AvgIpc) is 3.66. The van der Waals surface area contributed by atoms with Crippen molar-refractivity contribution in [2.45, 2.75) is 368 Å². The van der Waals surface area contributed by atoms with Crippen LogP contribution in [0.2, 0.25) is 0 Å². The Morgan fingerprint density at radius 3 is 0.864 bits per heavy atom. The van der Waals surface area contributed by atoms with Crippen molar-refractivity contribution in [3.63, 3.8) is 0 Å². The number of carbonyl (C=O) groups is 4. The Hall–Kier alpha value is -1.94. The number of hydrogen-bond donors (Lipinski definition) is 3. The number of aliphatic hydroxyl groups excluding tert-OH is 1. The molecular weight excluding hydrogens is 1160 g/mol. The van der Waals surface area contributed by atoms with Gasteiger partial charge in [-0.1, -0.05) is 298 Å². The van der Waals surface area contributed by atoms with Gasteiger partial charge in [-0.2, -0.15) is 0 Å². The molecule has 0 aliphatic heterocycles. The maximum atomic E-state index is 13.0. The number of aliphatic hydroxyl groups is 1. The predicted octanol–water partition coefficient (Wildman–Crippen LogP) is 19.6. The van der Waals surface area contributed by atoms with Crippen LogP contribution in [-0.2, 0) is 65.4 Å². The topological polar surface area (TPSA) is 237 Å². The van der Waals surface area contributed by atoms with Crippen LogP contribution in [0.1, 0.15) is 350 Å². The summed E-state index contributed by atoms with van der Waals surface area (Å²) in [4.78, 5) is 72.2. The Balaban J connectivity index is 5.13. The number of phosphoric acid groups is 2. The van der Waals surface area contributed by atoms with Gasteiger partial charge in [-0.05, 0) is 37.5 Å². The summed E-state index contributed by atoms with van der Waals surface area (Å²) in [6.07, 6.45) is 46.4. The van der Waals surface area contributed by atoms with E-state index in [0.29, 0.717) is 25.7 Å². The Labute approximate surface area is 537 Å². The summed E-state index contributed by atoms with van der Waals surface area (Å²) in [6, 6.07) is 0.